The zero-order valence-corrected chi connectivity index (χ0v) is 8.08. The molecule has 0 aliphatic rings. The average molecular weight is 191 g/mol. The van der Waals surface area contributed by atoms with E-state index in [1.165, 1.54) is 5.82 Å². The van der Waals surface area contributed by atoms with Gasteiger partial charge >= 0.3 is 0 Å². The number of fused-ring (bicyclic) bond motifs is 1. The highest BCUT2D eigenvalue weighted by molar-refractivity contribution is 7.57. The minimum Gasteiger partial charge on any atom is -0.360 e. The third-order valence-corrected chi connectivity index (χ3v) is 3.36. The standard InChI is InChI=1S/C10H10NOP/c1-2-13(12)10-7-11-9-6-4-3-5-8(9)10/h2-7,11,13H,1H2. The minimum absolute atomic E-state index is 0.871. The highest BCUT2D eigenvalue weighted by Gasteiger charge is 2.05. The van der Waals surface area contributed by atoms with Gasteiger partial charge in [-0.2, -0.15) is 0 Å². The molecule has 13 heavy (non-hydrogen) atoms. The Kier molecular flexibility index (Phi) is 2.07. The topological polar surface area (TPSA) is 32.9 Å². The lowest BCUT2D eigenvalue weighted by Gasteiger charge is -1.92. The van der Waals surface area contributed by atoms with Crippen LogP contribution < -0.4 is 5.30 Å². The molecule has 0 aliphatic carbocycles. The van der Waals surface area contributed by atoms with Gasteiger partial charge < -0.3 is 9.55 Å². The van der Waals surface area contributed by atoms with Crippen LogP contribution in [0.15, 0.2) is 42.9 Å². The smallest absolute Gasteiger partial charge is 0.126 e. The van der Waals surface area contributed by atoms with E-state index in [4.69, 9.17) is 0 Å². The van der Waals surface area contributed by atoms with Crippen molar-refractivity contribution in [1.29, 1.82) is 0 Å². The van der Waals surface area contributed by atoms with Crippen LogP contribution in [0.4, 0.5) is 0 Å². The van der Waals surface area contributed by atoms with E-state index in [0.29, 0.717) is 0 Å². The Balaban J connectivity index is 2.71. The molecule has 0 amide bonds. The van der Waals surface area contributed by atoms with Crippen LogP contribution >= 0.6 is 7.80 Å². The molecule has 0 saturated carbocycles. The molecule has 1 N–H and O–H groups in total. The lowest BCUT2D eigenvalue weighted by atomic mass is 10.2. The number of benzene rings is 1. The quantitative estimate of drug-likeness (QED) is 0.727. The molecule has 1 aromatic heterocycles. The summed E-state index contributed by atoms with van der Waals surface area (Å²) in [6, 6.07) is 7.83. The highest BCUT2D eigenvalue weighted by Crippen LogP contribution is 2.25. The van der Waals surface area contributed by atoms with Gasteiger partial charge in [0.25, 0.3) is 0 Å². The summed E-state index contributed by atoms with van der Waals surface area (Å²) in [7, 11) is -1.81. The van der Waals surface area contributed by atoms with Crippen LogP contribution in [0.3, 0.4) is 0 Å². The first kappa shape index (κ1) is 8.33. The average Bonchev–Trinajstić information content (AvgIpc) is 2.60. The third-order valence-electron chi connectivity index (χ3n) is 2.04. The van der Waals surface area contributed by atoms with Crippen LogP contribution in [0.1, 0.15) is 0 Å². The minimum atomic E-state index is -1.81. The fraction of sp³-hybridized carbons (Fsp3) is 0. The van der Waals surface area contributed by atoms with Crippen molar-refractivity contribution in [3.8, 4) is 0 Å². The van der Waals surface area contributed by atoms with Crippen LogP contribution in [0.2, 0.25) is 0 Å². The monoisotopic (exact) mass is 191 g/mol. The van der Waals surface area contributed by atoms with Crippen molar-refractivity contribution >= 4 is 24.0 Å². The Morgan fingerprint density at radius 3 is 2.92 bits per heavy atom. The summed E-state index contributed by atoms with van der Waals surface area (Å²) in [6.45, 7) is 3.54. The van der Waals surface area contributed by atoms with Crippen molar-refractivity contribution in [3.05, 3.63) is 42.9 Å². The third kappa shape index (κ3) is 1.34. The van der Waals surface area contributed by atoms with Gasteiger partial charge in [-0.1, -0.05) is 24.8 Å². The highest BCUT2D eigenvalue weighted by atomic mass is 31.1. The molecule has 0 aliphatic heterocycles. The van der Waals surface area contributed by atoms with E-state index in [2.05, 4.69) is 11.6 Å². The summed E-state index contributed by atoms with van der Waals surface area (Å²) in [5.41, 5.74) is 1.03. The van der Waals surface area contributed by atoms with Crippen LogP contribution in [0, 0.1) is 0 Å². The zero-order valence-electron chi connectivity index (χ0n) is 7.08. The first-order valence-electron chi connectivity index (χ1n) is 4.06. The Bertz CT molecular complexity index is 472. The number of hydrogen-bond acceptors (Lipinski definition) is 1. The van der Waals surface area contributed by atoms with Gasteiger partial charge in [0.2, 0.25) is 0 Å². The van der Waals surface area contributed by atoms with Gasteiger partial charge in [-0.25, -0.2) is 0 Å². The second-order valence-electron chi connectivity index (χ2n) is 2.82. The molecule has 1 unspecified atom stereocenters. The summed E-state index contributed by atoms with van der Waals surface area (Å²) in [4.78, 5) is 3.08. The normalized spacial score (nSPS) is 12.9. The van der Waals surface area contributed by atoms with Gasteiger partial charge in [-0.15, -0.1) is 0 Å². The Morgan fingerprint density at radius 2 is 2.15 bits per heavy atom. The molecule has 2 rings (SSSR count). The molecular formula is C10H10NOP. The predicted molar refractivity (Wildman–Crippen MR) is 57.1 cm³/mol. The number of H-pyrrole nitrogens is 1. The Labute approximate surface area is 77.1 Å². The number of aromatic nitrogens is 1. The fourth-order valence-corrected chi connectivity index (χ4v) is 2.30. The summed E-state index contributed by atoms with van der Waals surface area (Å²) in [5, 5.41) is 1.90. The van der Waals surface area contributed by atoms with E-state index in [1.54, 1.807) is 6.20 Å². The second-order valence-corrected chi connectivity index (χ2v) is 4.49. The molecule has 1 aromatic carbocycles. The van der Waals surface area contributed by atoms with Crippen molar-refractivity contribution in [2.45, 2.75) is 0 Å². The number of para-hydroxylation sites is 1. The van der Waals surface area contributed by atoms with Crippen LogP contribution in [-0.2, 0) is 4.57 Å². The maximum Gasteiger partial charge on any atom is 0.126 e. The van der Waals surface area contributed by atoms with Gasteiger partial charge in [0.05, 0.1) is 0 Å². The van der Waals surface area contributed by atoms with E-state index in [1.807, 2.05) is 24.3 Å². The Hall–Kier alpha value is -1.27. The van der Waals surface area contributed by atoms with Crippen molar-refractivity contribution < 1.29 is 4.57 Å². The predicted octanol–water partition coefficient (Wildman–Crippen LogP) is 2.50. The van der Waals surface area contributed by atoms with E-state index >= 15 is 0 Å². The maximum atomic E-state index is 11.5. The second kappa shape index (κ2) is 3.23. The largest absolute Gasteiger partial charge is 0.360 e. The van der Waals surface area contributed by atoms with Crippen LogP contribution in [0.5, 0.6) is 0 Å². The lowest BCUT2D eigenvalue weighted by Crippen LogP contribution is -1.89. The molecule has 0 fully saturated rings. The zero-order chi connectivity index (χ0) is 9.26. The first-order valence-corrected chi connectivity index (χ1v) is 5.54. The van der Waals surface area contributed by atoms with E-state index in [0.717, 1.165) is 16.2 Å². The van der Waals surface area contributed by atoms with E-state index < -0.39 is 7.80 Å². The molecular weight excluding hydrogens is 181 g/mol. The molecule has 1 heterocycles. The SMILES string of the molecule is C=C[PH](=O)c1c[nH]c2ccccc12. The summed E-state index contributed by atoms with van der Waals surface area (Å²) in [6.07, 6.45) is 1.80. The number of rotatable bonds is 2. The molecule has 0 bridgehead atoms. The molecule has 2 nitrogen and oxygen atoms in total. The molecule has 0 spiro atoms. The molecule has 0 saturated heterocycles. The van der Waals surface area contributed by atoms with Crippen LogP contribution in [0.25, 0.3) is 10.9 Å². The molecule has 1 atom stereocenters. The maximum absolute atomic E-state index is 11.5. The molecule has 2 aromatic rings. The van der Waals surface area contributed by atoms with Gasteiger partial charge in [0.15, 0.2) is 0 Å². The number of nitrogens with one attached hydrogen (secondary N) is 1. The van der Waals surface area contributed by atoms with Gasteiger partial charge in [-0.3, -0.25) is 0 Å². The molecule has 0 radical (unpaired) electrons. The lowest BCUT2D eigenvalue weighted by molar-refractivity contribution is 0.598. The Morgan fingerprint density at radius 1 is 1.38 bits per heavy atom. The summed E-state index contributed by atoms with van der Waals surface area (Å²) >= 11 is 0. The number of hydrogen-bond donors (Lipinski definition) is 1. The van der Waals surface area contributed by atoms with Crippen molar-refractivity contribution in [2.75, 3.05) is 0 Å². The van der Waals surface area contributed by atoms with Crippen LogP contribution in [-0.4, -0.2) is 4.98 Å². The number of aromatic amines is 1. The summed E-state index contributed by atoms with van der Waals surface area (Å²) in [5.74, 6) is 1.51. The van der Waals surface area contributed by atoms with Gasteiger partial charge in [0, 0.05) is 22.4 Å². The van der Waals surface area contributed by atoms with Gasteiger partial charge in [-0.05, 0) is 11.9 Å². The van der Waals surface area contributed by atoms with Crippen molar-refractivity contribution in [2.24, 2.45) is 0 Å². The fourth-order valence-electron chi connectivity index (χ4n) is 1.39. The van der Waals surface area contributed by atoms with Crippen molar-refractivity contribution in [1.82, 2.24) is 4.98 Å². The van der Waals surface area contributed by atoms with E-state index in [-0.39, 0.29) is 0 Å². The molecule has 66 valence electrons. The first-order chi connectivity index (χ1) is 6.33. The van der Waals surface area contributed by atoms with Crippen molar-refractivity contribution in [3.63, 3.8) is 0 Å². The summed E-state index contributed by atoms with van der Waals surface area (Å²) < 4.78 is 11.5. The molecule has 3 heteroatoms. The van der Waals surface area contributed by atoms with E-state index in [9.17, 15) is 4.57 Å². The van der Waals surface area contributed by atoms with Gasteiger partial charge in [0.1, 0.15) is 7.80 Å².